The van der Waals surface area contributed by atoms with Gasteiger partial charge in [0.05, 0.1) is 32.3 Å². The number of fused-ring (bicyclic) bond motifs is 1. The first-order valence-electron chi connectivity index (χ1n) is 10.3. The van der Waals surface area contributed by atoms with Crippen LogP contribution in [0.15, 0.2) is 52.9 Å². The summed E-state index contributed by atoms with van der Waals surface area (Å²) in [6.07, 6.45) is 2.04. The Balaban J connectivity index is 1.26. The maximum absolute atomic E-state index is 13.1. The van der Waals surface area contributed by atoms with E-state index in [9.17, 15) is 9.59 Å². The van der Waals surface area contributed by atoms with Crippen LogP contribution in [-0.2, 0) is 9.59 Å². The van der Waals surface area contributed by atoms with E-state index >= 15 is 0 Å². The molecule has 2 aromatic carbocycles. The van der Waals surface area contributed by atoms with Crippen molar-refractivity contribution in [2.75, 3.05) is 25.1 Å². The number of rotatable bonds is 4. The fourth-order valence-corrected chi connectivity index (χ4v) is 4.60. The second-order valence-electron chi connectivity index (χ2n) is 7.97. The van der Waals surface area contributed by atoms with Gasteiger partial charge in [-0.25, -0.2) is 9.88 Å². The van der Waals surface area contributed by atoms with Crippen molar-refractivity contribution in [3.63, 3.8) is 0 Å². The number of aromatic nitrogens is 1. The summed E-state index contributed by atoms with van der Waals surface area (Å²) in [7, 11) is 1.59. The van der Waals surface area contributed by atoms with Crippen LogP contribution in [0.1, 0.15) is 31.1 Å². The van der Waals surface area contributed by atoms with Gasteiger partial charge in [-0.05, 0) is 36.4 Å². The average Bonchev–Trinajstić information content (AvgIpc) is 3.34. The molecule has 2 amide bonds. The van der Waals surface area contributed by atoms with Crippen LogP contribution in [0.5, 0.6) is 5.75 Å². The third-order valence-electron chi connectivity index (χ3n) is 6.26. The van der Waals surface area contributed by atoms with Gasteiger partial charge in [-0.2, -0.15) is 0 Å². The number of imide groups is 1. The van der Waals surface area contributed by atoms with Crippen LogP contribution < -0.4 is 14.5 Å². The topological polar surface area (TPSA) is 77.1 Å². The van der Waals surface area contributed by atoms with E-state index in [2.05, 4.69) is 4.98 Å². The molecule has 0 saturated carbocycles. The molecule has 2 fully saturated rings. The molecule has 1 aromatic heterocycles. The highest BCUT2D eigenvalue weighted by molar-refractivity contribution is 6.21. The first kappa shape index (κ1) is 18.8. The number of carbonyl (C=O) groups excluding carboxylic acids is 2. The van der Waals surface area contributed by atoms with E-state index in [1.165, 1.54) is 9.80 Å². The van der Waals surface area contributed by atoms with Gasteiger partial charge in [0, 0.05) is 18.8 Å². The molecule has 0 unspecified atom stereocenters. The van der Waals surface area contributed by atoms with Gasteiger partial charge in [-0.1, -0.05) is 12.1 Å². The standard InChI is InChI=1S/C23H23N3O4/c1-29-17-8-6-16(7-9-17)26-21(27)14-19(23(26)28)25-12-10-15(11-13-25)22-24-18-4-2-3-5-20(18)30-22/h2-9,15,19H,10-14H2,1H3/p+1/t19-/m0/s1. The number of benzene rings is 2. The molecule has 1 N–H and O–H groups in total. The number of methoxy groups -OCH3 is 1. The minimum Gasteiger partial charge on any atom is -0.497 e. The number of hydrogen-bond donors (Lipinski definition) is 1. The molecule has 7 nitrogen and oxygen atoms in total. The maximum Gasteiger partial charge on any atom is 0.292 e. The van der Waals surface area contributed by atoms with Crippen molar-refractivity contribution in [2.24, 2.45) is 0 Å². The van der Waals surface area contributed by atoms with Gasteiger partial charge < -0.3 is 14.1 Å². The summed E-state index contributed by atoms with van der Waals surface area (Å²) in [6.45, 7) is 1.65. The lowest BCUT2D eigenvalue weighted by Gasteiger charge is -2.30. The lowest BCUT2D eigenvalue weighted by Crippen LogP contribution is -3.17. The minimum absolute atomic E-state index is 0.111. The number of quaternary nitrogens is 1. The number of piperidine rings is 1. The molecule has 30 heavy (non-hydrogen) atoms. The zero-order valence-electron chi connectivity index (χ0n) is 16.8. The molecule has 1 atom stereocenters. The van der Waals surface area contributed by atoms with Gasteiger partial charge in [-0.15, -0.1) is 0 Å². The average molecular weight is 406 g/mol. The smallest absolute Gasteiger partial charge is 0.292 e. The van der Waals surface area contributed by atoms with E-state index < -0.39 is 0 Å². The van der Waals surface area contributed by atoms with Crippen LogP contribution >= 0.6 is 0 Å². The lowest BCUT2D eigenvalue weighted by atomic mass is 9.95. The summed E-state index contributed by atoms with van der Waals surface area (Å²) >= 11 is 0. The molecule has 0 spiro atoms. The van der Waals surface area contributed by atoms with E-state index in [-0.39, 0.29) is 30.2 Å². The Morgan fingerprint density at radius 2 is 1.80 bits per heavy atom. The number of para-hydroxylation sites is 2. The Hall–Kier alpha value is -3.19. The number of nitrogens with zero attached hydrogens (tertiary/aromatic N) is 2. The van der Waals surface area contributed by atoms with Crippen molar-refractivity contribution in [1.82, 2.24) is 4.98 Å². The van der Waals surface area contributed by atoms with Crippen molar-refractivity contribution in [3.8, 4) is 5.75 Å². The van der Waals surface area contributed by atoms with Crippen molar-refractivity contribution >= 4 is 28.6 Å². The maximum atomic E-state index is 13.1. The van der Waals surface area contributed by atoms with Gasteiger partial charge in [0.1, 0.15) is 11.3 Å². The highest BCUT2D eigenvalue weighted by Crippen LogP contribution is 2.28. The Labute approximate surface area is 174 Å². The molecule has 3 aromatic rings. The van der Waals surface area contributed by atoms with Crippen LogP contribution in [0.3, 0.4) is 0 Å². The van der Waals surface area contributed by atoms with E-state index in [1.54, 1.807) is 31.4 Å². The summed E-state index contributed by atoms with van der Waals surface area (Å²) in [6, 6.07) is 14.5. The zero-order valence-corrected chi connectivity index (χ0v) is 16.8. The number of hydrogen-bond acceptors (Lipinski definition) is 5. The van der Waals surface area contributed by atoms with Gasteiger partial charge >= 0.3 is 0 Å². The second-order valence-corrected chi connectivity index (χ2v) is 7.97. The number of amides is 2. The fourth-order valence-electron chi connectivity index (χ4n) is 4.60. The molecule has 0 bridgehead atoms. The molecule has 5 rings (SSSR count). The van der Waals surface area contributed by atoms with Crippen LogP contribution in [0, 0.1) is 0 Å². The second kappa shape index (κ2) is 7.57. The summed E-state index contributed by atoms with van der Waals surface area (Å²) < 4.78 is 11.1. The first-order valence-corrected chi connectivity index (χ1v) is 10.3. The number of nitrogens with one attached hydrogen (secondary N) is 1. The van der Waals surface area contributed by atoms with E-state index in [0.29, 0.717) is 11.4 Å². The molecule has 7 heteroatoms. The molecule has 0 aliphatic carbocycles. The quantitative estimate of drug-likeness (QED) is 0.670. The molecule has 2 saturated heterocycles. The fraction of sp³-hybridized carbons (Fsp3) is 0.348. The predicted molar refractivity (Wildman–Crippen MR) is 111 cm³/mol. The monoisotopic (exact) mass is 406 g/mol. The van der Waals surface area contributed by atoms with Gasteiger partial charge in [-0.3, -0.25) is 9.59 Å². The lowest BCUT2D eigenvalue weighted by molar-refractivity contribution is -0.920. The van der Waals surface area contributed by atoms with E-state index in [4.69, 9.17) is 9.15 Å². The summed E-state index contributed by atoms with van der Waals surface area (Å²) in [5, 5.41) is 0. The number of likely N-dealkylation sites (tertiary alicyclic amines) is 1. The molecule has 2 aliphatic heterocycles. The summed E-state index contributed by atoms with van der Waals surface area (Å²) in [5.41, 5.74) is 2.30. The number of oxazole rings is 1. The largest absolute Gasteiger partial charge is 0.497 e. The molecule has 2 aliphatic rings. The number of anilines is 1. The van der Waals surface area contributed by atoms with Crippen molar-refractivity contribution in [3.05, 3.63) is 54.4 Å². The van der Waals surface area contributed by atoms with Crippen molar-refractivity contribution in [1.29, 1.82) is 0 Å². The number of ether oxygens (including phenoxy) is 1. The highest BCUT2D eigenvalue weighted by atomic mass is 16.5. The molecular formula is C23H24N3O4+. The SMILES string of the molecule is COc1ccc(N2C(=O)C[C@H]([NH+]3CCC(c4nc5ccccc5o4)CC3)C2=O)cc1. The summed E-state index contributed by atoms with van der Waals surface area (Å²) in [5.74, 6) is 1.49. The third-order valence-corrected chi connectivity index (χ3v) is 6.26. The van der Waals surface area contributed by atoms with Crippen LogP contribution in [0.4, 0.5) is 5.69 Å². The van der Waals surface area contributed by atoms with Crippen LogP contribution in [0.2, 0.25) is 0 Å². The first-order chi connectivity index (χ1) is 14.6. The highest BCUT2D eigenvalue weighted by Gasteiger charge is 2.46. The Kier molecular flexibility index (Phi) is 4.75. The van der Waals surface area contributed by atoms with Gasteiger partial charge in [0.25, 0.3) is 5.91 Å². The molecule has 0 radical (unpaired) electrons. The third kappa shape index (κ3) is 3.25. The van der Waals surface area contributed by atoms with Gasteiger partial charge in [0.15, 0.2) is 17.5 Å². The Morgan fingerprint density at radius 3 is 2.50 bits per heavy atom. The van der Waals surface area contributed by atoms with E-state index in [1.807, 2.05) is 24.3 Å². The number of carbonyl (C=O) groups is 2. The summed E-state index contributed by atoms with van der Waals surface area (Å²) in [4.78, 5) is 32.8. The normalized spacial score (nSPS) is 24.6. The zero-order chi connectivity index (χ0) is 20.7. The Bertz CT molecular complexity index is 1050. The minimum atomic E-state index is -0.316. The molecule has 3 heterocycles. The van der Waals surface area contributed by atoms with Crippen molar-refractivity contribution < 1.29 is 23.6 Å². The van der Waals surface area contributed by atoms with Crippen LogP contribution in [0.25, 0.3) is 11.1 Å². The Morgan fingerprint density at radius 1 is 1.07 bits per heavy atom. The molecular weight excluding hydrogens is 382 g/mol. The van der Waals surface area contributed by atoms with Crippen LogP contribution in [-0.4, -0.2) is 43.0 Å². The van der Waals surface area contributed by atoms with Crippen molar-refractivity contribution in [2.45, 2.75) is 31.2 Å². The molecule has 154 valence electrons. The van der Waals surface area contributed by atoms with Gasteiger partial charge in [0.2, 0.25) is 5.91 Å². The van der Waals surface area contributed by atoms with E-state index in [0.717, 1.165) is 42.9 Å². The predicted octanol–water partition coefficient (Wildman–Crippen LogP) is 1.93.